The summed E-state index contributed by atoms with van der Waals surface area (Å²) in [7, 11) is -1.84. The molecule has 0 amide bonds. The van der Waals surface area contributed by atoms with E-state index in [0.29, 0.717) is 0 Å². The van der Waals surface area contributed by atoms with Gasteiger partial charge in [0.05, 0.1) is 5.41 Å². The summed E-state index contributed by atoms with van der Waals surface area (Å²) in [5.74, 6) is 1.80. The molecule has 4 heteroatoms. The molecule has 3 nitrogen and oxygen atoms in total. The summed E-state index contributed by atoms with van der Waals surface area (Å²) in [5.41, 5.74) is 14.3. The number of anilines is 3. The predicted octanol–water partition coefficient (Wildman–Crippen LogP) is 13.2. The molecule has 0 N–H and O–H groups in total. The third-order valence-corrected chi connectivity index (χ3v) is 15.8. The average molecular weight is 786 g/mol. The maximum atomic E-state index is 6.72. The molecule has 10 aromatic rings. The Morgan fingerprint density at radius 3 is 1.75 bits per heavy atom. The van der Waals surface area contributed by atoms with Gasteiger partial charge in [-0.05, 0) is 87.1 Å². The summed E-state index contributed by atoms with van der Waals surface area (Å²) in [6.45, 7) is 2.51. The monoisotopic (exact) mass is 785 g/mol. The maximum Gasteiger partial charge on any atom is 0.137 e. The number of rotatable bonds is 5. The van der Waals surface area contributed by atoms with E-state index in [1.54, 1.807) is 0 Å². The third kappa shape index (κ3) is 5.08. The first-order chi connectivity index (χ1) is 29.7. The Morgan fingerprint density at radius 2 is 1.00 bits per heavy atom. The molecular formula is C56H39NO2Si. The highest BCUT2D eigenvalue weighted by atomic mass is 28.3. The van der Waals surface area contributed by atoms with Gasteiger partial charge in [-0.25, -0.2) is 0 Å². The van der Waals surface area contributed by atoms with Crippen LogP contribution in [0.15, 0.2) is 217 Å². The summed E-state index contributed by atoms with van der Waals surface area (Å²) in [5, 5.41) is 5.11. The van der Waals surface area contributed by atoms with Gasteiger partial charge >= 0.3 is 0 Å². The number of furan rings is 1. The molecule has 0 saturated heterocycles. The number of ether oxygens (including phenoxy) is 1. The Kier molecular flexibility index (Phi) is 7.84. The highest BCUT2D eigenvalue weighted by molar-refractivity contribution is 6.86. The van der Waals surface area contributed by atoms with E-state index in [1.807, 2.05) is 6.07 Å². The topological polar surface area (TPSA) is 25.6 Å². The zero-order valence-corrected chi connectivity index (χ0v) is 34.2. The Hall–Kier alpha value is -7.40. The van der Waals surface area contributed by atoms with Crippen LogP contribution in [0.25, 0.3) is 44.2 Å². The molecule has 0 aliphatic carbocycles. The predicted molar refractivity (Wildman–Crippen MR) is 250 cm³/mol. The summed E-state index contributed by atoms with van der Waals surface area (Å²) in [6.07, 6.45) is 0. The van der Waals surface area contributed by atoms with Gasteiger partial charge in [-0.1, -0.05) is 169 Å². The minimum Gasteiger partial charge on any atom is -0.457 e. The van der Waals surface area contributed by atoms with Gasteiger partial charge in [0, 0.05) is 45.0 Å². The van der Waals surface area contributed by atoms with Crippen molar-refractivity contribution >= 4 is 58.2 Å². The van der Waals surface area contributed by atoms with Gasteiger partial charge in [0.2, 0.25) is 0 Å². The molecule has 1 atom stereocenters. The van der Waals surface area contributed by atoms with Crippen molar-refractivity contribution in [2.24, 2.45) is 0 Å². The van der Waals surface area contributed by atoms with E-state index >= 15 is 0 Å². The van der Waals surface area contributed by atoms with Crippen LogP contribution < -0.4 is 20.0 Å². The lowest BCUT2D eigenvalue weighted by Crippen LogP contribution is -2.56. The van der Waals surface area contributed by atoms with Crippen LogP contribution in [0.1, 0.15) is 22.3 Å². The van der Waals surface area contributed by atoms with Crippen LogP contribution in [-0.2, 0) is 5.41 Å². The van der Waals surface area contributed by atoms with E-state index in [1.165, 1.54) is 60.6 Å². The molecule has 1 spiro atoms. The van der Waals surface area contributed by atoms with Crippen molar-refractivity contribution in [1.29, 1.82) is 0 Å². The number of para-hydroxylation sites is 3. The van der Waals surface area contributed by atoms with Gasteiger partial charge in [-0.15, -0.1) is 0 Å². The lowest BCUT2D eigenvalue weighted by molar-refractivity contribution is 0.435. The Bertz CT molecular complexity index is 3230. The lowest BCUT2D eigenvalue weighted by Gasteiger charge is -2.48. The first-order valence-electron chi connectivity index (χ1n) is 20.7. The molecule has 9 aromatic carbocycles. The van der Waals surface area contributed by atoms with Crippen molar-refractivity contribution in [3.05, 3.63) is 235 Å². The van der Waals surface area contributed by atoms with Crippen molar-refractivity contribution < 1.29 is 9.15 Å². The smallest absolute Gasteiger partial charge is 0.137 e. The first-order valence-corrected chi connectivity index (χ1v) is 23.1. The van der Waals surface area contributed by atoms with Gasteiger partial charge in [-0.2, -0.15) is 0 Å². The van der Waals surface area contributed by atoms with E-state index in [4.69, 9.17) is 9.15 Å². The molecule has 284 valence electrons. The molecular weight excluding hydrogens is 747 g/mol. The van der Waals surface area contributed by atoms with Crippen LogP contribution in [0, 0.1) is 0 Å². The molecule has 60 heavy (non-hydrogen) atoms. The zero-order valence-electron chi connectivity index (χ0n) is 33.0. The van der Waals surface area contributed by atoms with Gasteiger partial charge in [-0.3, -0.25) is 0 Å². The molecule has 3 heterocycles. The number of hydrogen-bond donors (Lipinski definition) is 0. The Balaban J connectivity index is 1.12. The summed E-state index contributed by atoms with van der Waals surface area (Å²) < 4.78 is 13.3. The molecule has 0 saturated carbocycles. The van der Waals surface area contributed by atoms with Crippen LogP contribution in [0.2, 0.25) is 6.55 Å². The number of nitrogens with zero attached hydrogens (tertiary/aromatic N) is 1. The van der Waals surface area contributed by atoms with Crippen LogP contribution >= 0.6 is 0 Å². The normalized spacial score (nSPS) is 14.5. The number of hydrogen-bond acceptors (Lipinski definition) is 3. The molecule has 2 aliphatic rings. The van der Waals surface area contributed by atoms with Crippen molar-refractivity contribution in [2.45, 2.75) is 12.0 Å². The van der Waals surface area contributed by atoms with Crippen LogP contribution in [0.3, 0.4) is 0 Å². The lowest BCUT2D eigenvalue weighted by atomic mass is 9.63. The second kappa shape index (κ2) is 13.6. The molecule has 2 aliphatic heterocycles. The van der Waals surface area contributed by atoms with E-state index in [-0.39, 0.29) is 0 Å². The fraction of sp³-hybridized carbons (Fsp3) is 0.0357. The average Bonchev–Trinajstić information content (AvgIpc) is 3.69. The van der Waals surface area contributed by atoms with Crippen molar-refractivity contribution in [3.8, 4) is 33.8 Å². The summed E-state index contributed by atoms with van der Waals surface area (Å²) >= 11 is 0. The van der Waals surface area contributed by atoms with E-state index in [0.717, 1.165) is 44.8 Å². The number of fused-ring (bicyclic) bond motifs is 11. The second-order valence-electron chi connectivity index (χ2n) is 16.0. The zero-order chi connectivity index (χ0) is 39.8. The minimum atomic E-state index is -1.84. The number of benzene rings is 9. The largest absolute Gasteiger partial charge is 0.457 e. The van der Waals surface area contributed by atoms with Gasteiger partial charge in [0.15, 0.2) is 0 Å². The summed E-state index contributed by atoms with van der Waals surface area (Å²) in [4.78, 5) is 2.47. The third-order valence-electron chi connectivity index (χ3n) is 12.9. The van der Waals surface area contributed by atoms with Crippen molar-refractivity contribution in [3.63, 3.8) is 0 Å². The fourth-order valence-corrected chi connectivity index (χ4v) is 13.2. The van der Waals surface area contributed by atoms with Crippen LogP contribution in [-0.4, -0.2) is 8.80 Å². The highest BCUT2D eigenvalue weighted by Gasteiger charge is 2.51. The van der Waals surface area contributed by atoms with Gasteiger partial charge < -0.3 is 14.1 Å². The minimum absolute atomic E-state index is 0.577. The molecule has 0 fully saturated rings. The highest BCUT2D eigenvalue weighted by Crippen LogP contribution is 2.56. The molecule has 1 aromatic heterocycles. The van der Waals surface area contributed by atoms with Gasteiger partial charge in [0.1, 0.15) is 31.5 Å². The fourth-order valence-electron chi connectivity index (χ4n) is 10.3. The van der Waals surface area contributed by atoms with Crippen LogP contribution in [0.5, 0.6) is 11.5 Å². The molecule has 0 bridgehead atoms. The van der Waals surface area contributed by atoms with E-state index in [2.05, 4.69) is 218 Å². The van der Waals surface area contributed by atoms with Gasteiger partial charge in [0.25, 0.3) is 0 Å². The molecule has 1 unspecified atom stereocenters. The van der Waals surface area contributed by atoms with Crippen molar-refractivity contribution in [2.75, 3.05) is 4.90 Å². The maximum absolute atomic E-state index is 6.72. The van der Waals surface area contributed by atoms with Crippen LogP contribution in [0.4, 0.5) is 17.1 Å². The quantitative estimate of drug-likeness (QED) is 0.163. The SMILES string of the molecule is C[SiH]1c2ccccc2C2(c3ccccc3Oc3ccccc32)c2cccc(N(c3ccc(-c4ccccc4-c4ccccc4)cc3)c3ccc4c(c3)oc3ccccc34)c21. The van der Waals surface area contributed by atoms with Crippen molar-refractivity contribution in [1.82, 2.24) is 0 Å². The Morgan fingerprint density at radius 1 is 0.433 bits per heavy atom. The Labute approximate surface area is 351 Å². The molecule has 12 rings (SSSR count). The van der Waals surface area contributed by atoms with E-state index in [9.17, 15) is 0 Å². The summed E-state index contributed by atoms with van der Waals surface area (Å²) in [6, 6.07) is 77.0. The standard InChI is InChI=1S/C56H39NO2Si/c1-60-54-29-14-10-23-47(54)56(45-21-8-12-27-51(45)59-52-28-13-9-22-46(52)56)48-24-15-25-49(55(48)60)57(40-34-35-44-43-20-7-11-26-50(43)58-53(44)36-40)39-32-30-38(31-33-39)42-19-6-5-18-41(42)37-16-3-2-4-17-37/h2-36,60H,1H3. The first kappa shape index (κ1) is 34.6. The second-order valence-corrected chi connectivity index (χ2v) is 18.6. The molecule has 0 radical (unpaired) electrons. The van der Waals surface area contributed by atoms with E-state index < -0.39 is 14.2 Å².